The molecule has 0 amide bonds. The highest BCUT2D eigenvalue weighted by Gasteiger charge is 2.33. The molecule has 17 heavy (non-hydrogen) atoms. The molecule has 0 aromatic carbocycles. The van der Waals surface area contributed by atoms with Crippen LogP contribution in [-0.4, -0.2) is 15.0 Å². The van der Waals surface area contributed by atoms with Crippen LogP contribution in [0.2, 0.25) is 0 Å². The van der Waals surface area contributed by atoms with Crippen LogP contribution < -0.4 is 5.32 Å². The number of rotatable bonds is 3. The van der Waals surface area contributed by atoms with Crippen molar-refractivity contribution in [3.05, 3.63) is 35.4 Å². The van der Waals surface area contributed by atoms with Gasteiger partial charge in [-0.15, -0.1) is 11.3 Å². The van der Waals surface area contributed by atoms with E-state index in [9.17, 15) is 13.2 Å². The fourth-order valence-corrected chi connectivity index (χ4v) is 1.78. The summed E-state index contributed by atoms with van der Waals surface area (Å²) >= 11 is 0.898. The predicted octanol–water partition coefficient (Wildman–Crippen LogP) is 2.56. The average Bonchev–Trinajstić information content (AvgIpc) is 2.76. The number of aromatic nitrogens is 3. The van der Waals surface area contributed by atoms with Crippen molar-refractivity contribution in [2.24, 2.45) is 0 Å². The number of anilines is 1. The first-order valence-electron chi connectivity index (χ1n) is 4.58. The van der Waals surface area contributed by atoms with Gasteiger partial charge >= 0.3 is 6.18 Å². The zero-order valence-corrected chi connectivity index (χ0v) is 9.22. The summed E-state index contributed by atoms with van der Waals surface area (Å²) in [5.41, 5.74) is -0.890. The van der Waals surface area contributed by atoms with Crippen LogP contribution in [0.4, 0.5) is 18.3 Å². The molecule has 90 valence electrons. The van der Waals surface area contributed by atoms with E-state index in [0.29, 0.717) is 5.82 Å². The molecule has 0 fully saturated rings. The lowest BCUT2D eigenvalue weighted by molar-refractivity contribution is -0.140. The summed E-state index contributed by atoms with van der Waals surface area (Å²) in [5.74, 6) is 0.497. The number of thiazole rings is 1. The fourth-order valence-electron chi connectivity index (χ4n) is 1.06. The van der Waals surface area contributed by atoms with Gasteiger partial charge < -0.3 is 5.32 Å². The molecule has 0 aliphatic carbocycles. The van der Waals surface area contributed by atoms with Gasteiger partial charge in [-0.3, -0.25) is 0 Å². The average molecular weight is 260 g/mol. The quantitative estimate of drug-likeness (QED) is 0.921. The molecule has 8 heteroatoms. The molecular formula is C9H7F3N4S. The van der Waals surface area contributed by atoms with Crippen LogP contribution in [0.5, 0.6) is 0 Å². The number of hydrogen-bond acceptors (Lipinski definition) is 5. The largest absolute Gasteiger partial charge is 0.434 e. The van der Waals surface area contributed by atoms with Gasteiger partial charge in [0, 0.05) is 17.8 Å². The molecule has 2 aromatic rings. The van der Waals surface area contributed by atoms with Crippen LogP contribution in [0.25, 0.3) is 0 Å². The van der Waals surface area contributed by atoms with Crippen LogP contribution in [0.15, 0.2) is 23.8 Å². The third-order valence-electron chi connectivity index (χ3n) is 1.81. The van der Waals surface area contributed by atoms with Crippen molar-refractivity contribution >= 4 is 16.5 Å². The van der Waals surface area contributed by atoms with Crippen LogP contribution in [0.1, 0.15) is 11.5 Å². The Morgan fingerprint density at radius 2 is 1.94 bits per heavy atom. The van der Waals surface area contributed by atoms with Gasteiger partial charge in [0.15, 0.2) is 10.8 Å². The van der Waals surface area contributed by atoms with E-state index < -0.39 is 11.9 Å². The minimum atomic E-state index is -4.40. The SMILES string of the molecule is FC(F)(F)c1csc(NCc2ncccn2)n1. The van der Waals surface area contributed by atoms with Gasteiger partial charge in [0.2, 0.25) is 0 Å². The zero-order valence-electron chi connectivity index (χ0n) is 8.40. The third kappa shape index (κ3) is 3.13. The topological polar surface area (TPSA) is 50.7 Å². The monoisotopic (exact) mass is 260 g/mol. The zero-order chi connectivity index (χ0) is 12.3. The van der Waals surface area contributed by atoms with Gasteiger partial charge in [-0.25, -0.2) is 15.0 Å². The fraction of sp³-hybridized carbons (Fsp3) is 0.222. The van der Waals surface area contributed by atoms with Gasteiger partial charge in [-0.2, -0.15) is 13.2 Å². The lowest BCUT2D eigenvalue weighted by atomic mass is 10.5. The minimum Gasteiger partial charge on any atom is -0.354 e. The standard InChI is InChI=1S/C9H7F3N4S/c10-9(11,12)6-5-17-8(16-6)15-4-7-13-2-1-3-14-7/h1-3,5H,4H2,(H,15,16). The van der Waals surface area contributed by atoms with Crippen molar-refractivity contribution in [3.8, 4) is 0 Å². The molecule has 0 bridgehead atoms. The summed E-state index contributed by atoms with van der Waals surface area (Å²) in [5, 5.41) is 3.90. The first-order chi connectivity index (χ1) is 8.05. The smallest absolute Gasteiger partial charge is 0.354 e. The number of hydrogen-bond donors (Lipinski definition) is 1. The van der Waals surface area contributed by atoms with Crippen molar-refractivity contribution in [1.82, 2.24) is 15.0 Å². The molecule has 4 nitrogen and oxygen atoms in total. The van der Waals surface area contributed by atoms with Gasteiger partial charge in [-0.1, -0.05) is 0 Å². The van der Waals surface area contributed by atoms with E-state index in [1.165, 1.54) is 0 Å². The number of alkyl halides is 3. The van der Waals surface area contributed by atoms with E-state index in [2.05, 4.69) is 20.3 Å². The van der Waals surface area contributed by atoms with Gasteiger partial charge in [0.25, 0.3) is 0 Å². The van der Waals surface area contributed by atoms with E-state index in [0.717, 1.165) is 16.7 Å². The molecule has 2 aromatic heterocycles. The van der Waals surface area contributed by atoms with Crippen molar-refractivity contribution < 1.29 is 13.2 Å². The molecule has 0 saturated carbocycles. The summed E-state index contributed by atoms with van der Waals surface area (Å²) in [7, 11) is 0. The Bertz CT molecular complexity index is 482. The maximum Gasteiger partial charge on any atom is 0.434 e. The summed E-state index contributed by atoms with van der Waals surface area (Å²) in [6, 6.07) is 1.66. The van der Waals surface area contributed by atoms with E-state index in [-0.39, 0.29) is 11.7 Å². The molecule has 0 atom stereocenters. The minimum absolute atomic E-state index is 0.199. The van der Waals surface area contributed by atoms with Gasteiger partial charge in [0.1, 0.15) is 5.82 Å². The molecule has 0 aliphatic heterocycles. The number of halogens is 3. The third-order valence-corrected chi connectivity index (χ3v) is 2.61. The Hall–Kier alpha value is -1.70. The van der Waals surface area contributed by atoms with Crippen LogP contribution in [-0.2, 0) is 12.7 Å². The van der Waals surface area contributed by atoms with Crippen LogP contribution in [0.3, 0.4) is 0 Å². The van der Waals surface area contributed by atoms with Crippen molar-refractivity contribution in [2.75, 3.05) is 5.32 Å². The first-order valence-corrected chi connectivity index (χ1v) is 5.46. The molecule has 2 heterocycles. The highest BCUT2D eigenvalue weighted by molar-refractivity contribution is 7.13. The lowest BCUT2D eigenvalue weighted by Gasteiger charge is -2.01. The molecule has 0 spiro atoms. The summed E-state index contributed by atoms with van der Waals surface area (Å²) in [4.78, 5) is 11.3. The van der Waals surface area contributed by atoms with E-state index in [1.54, 1.807) is 18.5 Å². The number of nitrogens with one attached hydrogen (secondary N) is 1. The molecular weight excluding hydrogens is 253 g/mol. The Labute approximate surface area is 98.6 Å². The molecule has 0 radical (unpaired) electrons. The van der Waals surface area contributed by atoms with Crippen molar-refractivity contribution in [3.63, 3.8) is 0 Å². The summed E-state index contributed by atoms with van der Waals surface area (Å²) in [6.45, 7) is 0.242. The van der Waals surface area contributed by atoms with Crippen LogP contribution in [0, 0.1) is 0 Å². The van der Waals surface area contributed by atoms with E-state index >= 15 is 0 Å². The Morgan fingerprint density at radius 3 is 2.53 bits per heavy atom. The molecule has 0 aliphatic rings. The van der Waals surface area contributed by atoms with Gasteiger partial charge in [0.05, 0.1) is 6.54 Å². The Morgan fingerprint density at radius 1 is 1.24 bits per heavy atom. The molecule has 1 N–H and O–H groups in total. The summed E-state index contributed by atoms with van der Waals surface area (Å²) in [6.07, 6.45) is -1.28. The second kappa shape index (κ2) is 4.66. The molecule has 0 saturated heterocycles. The molecule has 0 unspecified atom stereocenters. The summed E-state index contributed by atoms with van der Waals surface area (Å²) < 4.78 is 36.8. The Kier molecular flexibility index (Phi) is 3.23. The maximum atomic E-state index is 12.3. The molecule has 2 rings (SSSR count). The predicted molar refractivity (Wildman–Crippen MR) is 56.5 cm³/mol. The lowest BCUT2D eigenvalue weighted by Crippen LogP contribution is -2.07. The first kappa shape index (κ1) is 11.8. The maximum absolute atomic E-state index is 12.3. The number of nitrogens with zero attached hydrogens (tertiary/aromatic N) is 3. The highest BCUT2D eigenvalue weighted by atomic mass is 32.1. The van der Waals surface area contributed by atoms with Crippen molar-refractivity contribution in [1.29, 1.82) is 0 Å². The second-order valence-electron chi connectivity index (χ2n) is 3.05. The second-order valence-corrected chi connectivity index (χ2v) is 3.91. The normalized spacial score (nSPS) is 11.5. The van der Waals surface area contributed by atoms with Gasteiger partial charge in [-0.05, 0) is 6.07 Å². The van der Waals surface area contributed by atoms with E-state index in [4.69, 9.17) is 0 Å². The Balaban J connectivity index is 1.99. The van der Waals surface area contributed by atoms with Crippen LogP contribution >= 0.6 is 11.3 Å². The van der Waals surface area contributed by atoms with Crippen molar-refractivity contribution in [2.45, 2.75) is 12.7 Å². The highest BCUT2D eigenvalue weighted by Crippen LogP contribution is 2.31. The van der Waals surface area contributed by atoms with E-state index in [1.807, 2.05) is 0 Å².